The summed E-state index contributed by atoms with van der Waals surface area (Å²) in [6, 6.07) is 5.87. The van der Waals surface area contributed by atoms with E-state index in [1.54, 1.807) is 0 Å². The van der Waals surface area contributed by atoms with Gasteiger partial charge in [0.05, 0.1) is 0 Å². The molecule has 4 nitrogen and oxygen atoms in total. The van der Waals surface area contributed by atoms with Gasteiger partial charge < -0.3 is 16.3 Å². The Morgan fingerprint density at radius 2 is 2.15 bits per heavy atom. The fraction of sp³-hybridized carbons (Fsp3) is 0.533. The van der Waals surface area contributed by atoms with Gasteiger partial charge in [-0.2, -0.15) is 11.8 Å². The van der Waals surface area contributed by atoms with Crippen molar-refractivity contribution in [2.24, 2.45) is 10.9 Å². The lowest BCUT2D eigenvalue weighted by molar-refractivity contribution is 0.318. The van der Waals surface area contributed by atoms with Crippen molar-refractivity contribution in [2.75, 3.05) is 18.6 Å². The van der Waals surface area contributed by atoms with Gasteiger partial charge in [0.25, 0.3) is 0 Å². The Morgan fingerprint density at radius 1 is 1.35 bits per heavy atom. The number of nitrogens with zero attached hydrogens (tertiary/aromatic N) is 1. The molecule has 1 aromatic carbocycles. The van der Waals surface area contributed by atoms with Gasteiger partial charge in [0.2, 0.25) is 0 Å². The predicted octanol–water partition coefficient (Wildman–Crippen LogP) is 2.71. The molecule has 1 rings (SSSR count). The van der Waals surface area contributed by atoms with Crippen LogP contribution in [0, 0.1) is 6.92 Å². The minimum atomic E-state index is 0.154. The molecule has 0 amide bonds. The van der Waals surface area contributed by atoms with E-state index in [0.717, 1.165) is 24.2 Å². The Kier molecular flexibility index (Phi) is 8.14. The van der Waals surface area contributed by atoms with Gasteiger partial charge >= 0.3 is 0 Å². The molecule has 0 atom stereocenters. The quantitative estimate of drug-likeness (QED) is 0.215. The first-order valence-corrected chi connectivity index (χ1v) is 8.35. The van der Waals surface area contributed by atoms with E-state index in [1.807, 2.05) is 36.9 Å². The molecular weight excluding hydrogens is 270 g/mol. The van der Waals surface area contributed by atoms with Crippen LogP contribution in [0.25, 0.3) is 0 Å². The van der Waals surface area contributed by atoms with Crippen LogP contribution in [0.3, 0.4) is 0 Å². The SMILES string of the molecule is CSCCCCCNCc1ccc(/C(N)=N/O)cc1C. The molecule has 0 saturated heterocycles. The molecule has 0 bridgehead atoms. The van der Waals surface area contributed by atoms with E-state index in [0.29, 0.717) is 0 Å². The molecule has 0 aliphatic carbocycles. The van der Waals surface area contributed by atoms with E-state index in [-0.39, 0.29) is 5.84 Å². The first-order valence-electron chi connectivity index (χ1n) is 6.96. The van der Waals surface area contributed by atoms with Gasteiger partial charge in [-0.05, 0) is 55.5 Å². The fourth-order valence-electron chi connectivity index (χ4n) is 2.01. The summed E-state index contributed by atoms with van der Waals surface area (Å²) in [7, 11) is 0. The molecular formula is C15H25N3OS. The average molecular weight is 295 g/mol. The second kappa shape index (κ2) is 9.66. The van der Waals surface area contributed by atoms with Crippen LogP contribution in [0.15, 0.2) is 23.4 Å². The number of hydrogen-bond acceptors (Lipinski definition) is 4. The smallest absolute Gasteiger partial charge is 0.170 e. The third kappa shape index (κ3) is 5.84. The minimum absolute atomic E-state index is 0.154. The molecule has 112 valence electrons. The van der Waals surface area contributed by atoms with Gasteiger partial charge in [0.15, 0.2) is 5.84 Å². The standard InChI is InChI=1S/C15H25N3OS/c1-12-10-13(15(16)18-19)6-7-14(12)11-17-8-4-3-5-9-20-2/h6-7,10,17,19H,3-5,8-9,11H2,1-2H3,(H2,16,18). The largest absolute Gasteiger partial charge is 0.409 e. The zero-order chi connectivity index (χ0) is 14.8. The molecule has 0 saturated carbocycles. The number of nitrogens with two attached hydrogens (primary N) is 1. The number of rotatable bonds is 9. The number of thioether (sulfide) groups is 1. The molecule has 0 spiro atoms. The van der Waals surface area contributed by atoms with Crippen LogP contribution < -0.4 is 11.1 Å². The van der Waals surface area contributed by atoms with Crippen molar-refractivity contribution in [3.63, 3.8) is 0 Å². The number of benzene rings is 1. The molecule has 0 unspecified atom stereocenters. The summed E-state index contributed by atoms with van der Waals surface area (Å²) in [5, 5.41) is 15.1. The van der Waals surface area contributed by atoms with Crippen LogP contribution in [0.4, 0.5) is 0 Å². The zero-order valence-electron chi connectivity index (χ0n) is 12.4. The van der Waals surface area contributed by atoms with Gasteiger partial charge in [0, 0.05) is 12.1 Å². The molecule has 20 heavy (non-hydrogen) atoms. The maximum absolute atomic E-state index is 8.66. The Balaban J connectivity index is 2.34. The topological polar surface area (TPSA) is 70.6 Å². The van der Waals surface area contributed by atoms with E-state index < -0.39 is 0 Å². The van der Waals surface area contributed by atoms with Crippen molar-refractivity contribution in [2.45, 2.75) is 32.7 Å². The highest BCUT2D eigenvalue weighted by molar-refractivity contribution is 7.98. The summed E-state index contributed by atoms with van der Waals surface area (Å²) in [6.07, 6.45) is 5.96. The lowest BCUT2D eigenvalue weighted by Crippen LogP contribution is -2.17. The van der Waals surface area contributed by atoms with Gasteiger partial charge in [-0.15, -0.1) is 0 Å². The van der Waals surface area contributed by atoms with E-state index in [2.05, 4.69) is 16.7 Å². The molecule has 4 N–H and O–H groups in total. The highest BCUT2D eigenvalue weighted by Crippen LogP contribution is 2.11. The zero-order valence-corrected chi connectivity index (χ0v) is 13.2. The van der Waals surface area contributed by atoms with Gasteiger partial charge in [-0.25, -0.2) is 0 Å². The molecule has 0 heterocycles. The lowest BCUT2D eigenvalue weighted by Gasteiger charge is -2.09. The third-order valence-corrected chi connectivity index (χ3v) is 3.96. The number of hydrogen-bond donors (Lipinski definition) is 3. The Hall–Kier alpha value is -1.20. The summed E-state index contributed by atoms with van der Waals surface area (Å²) >= 11 is 1.91. The summed E-state index contributed by atoms with van der Waals surface area (Å²) < 4.78 is 0. The molecule has 0 aliphatic rings. The van der Waals surface area contributed by atoms with E-state index in [1.165, 1.54) is 30.6 Å². The van der Waals surface area contributed by atoms with Crippen LogP contribution in [0.5, 0.6) is 0 Å². The molecule has 0 aliphatic heterocycles. The Labute approximate surface area is 125 Å². The van der Waals surface area contributed by atoms with Crippen LogP contribution in [-0.2, 0) is 6.54 Å². The van der Waals surface area contributed by atoms with Crippen LogP contribution >= 0.6 is 11.8 Å². The number of oxime groups is 1. The van der Waals surface area contributed by atoms with Crippen molar-refractivity contribution in [1.82, 2.24) is 5.32 Å². The Bertz CT molecular complexity index is 435. The predicted molar refractivity (Wildman–Crippen MR) is 87.6 cm³/mol. The van der Waals surface area contributed by atoms with Crippen molar-refractivity contribution < 1.29 is 5.21 Å². The molecule has 5 heteroatoms. The highest BCUT2D eigenvalue weighted by atomic mass is 32.2. The lowest BCUT2D eigenvalue weighted by atomic mass is 10.0. The van der Waals surface area contributed by atoms with Crippen LogP contribution in [-0.4, -0.2) is 29.6 Å². The van der Waals surface area contributed by atoms with Gasteiger partial charge in [-0.3, -0.25) is 0 Å². The van der Waals surface area contributed by atoms with Crippen LogP contribution in [0.1, 0.15) is 36.0 Å². The summed E-state index contributed by atoms with van der Waals surface area (Å²) in [5.74, 6) is 1.41. The molecule has 0 fully saturated rings. The summed E-state index contributed by atoms with van der Waals surface area (Å²) in [5.41, 5.74) is 8.74. The van der Waals surface area contributed by atoms with Crippen LogP contribution in [0.2, 0.25) is 0 Å². The Morgan fingerprint density at radius 3 is 2.80 bits per heavy atom. The molecule has 0 aromatic heterocycles. The number of aryl methyl sites for hydroxylation is 1. The average Bonchev–Trinajstić information content (AvgIpc) is 2.46. The molecule has 1 aromatic rings. The van der Waals surface area contributed by atoms with Crippen molar-refractivity contribution in [1.29, 1.82) is 0 Å². The van der Waals surface area contributed by atoms with E-state index >= 15 is 0 Å². The number of unbranched alkanes of at least 4 members (excludes halogenated alkanes) is 2. The van der Waals surface area contributed by atoms with Crippen molar-refractivity contribution in [3.8, 4) is 0 Å². The minimum Gasteiger partial charge on any atom is -0.409 e. The van der Waals surface area contributed by atoms with Gasteiger partial charge in [-0.1, -0.05) is 23.7 Å². The summed E-state index contributed by atoms with van der Waals surface area (Å²) in [6.45, 7) is 3.96. The second-order valence-corrected chi connectivity index (χ2v) is 5.84. The number of nitrogens with one attached hydrogen (secondary N) is 1. The van der Waals surface area contributed by atoms with E-state index in [9.17, 15) is 0 Å². The first-order chi connectivity index (χ1) is 9.69. The normalized spacial score (nSPS) is 11.8. The van der Waals surface area contributed by atoms with Gasteiger partial charge in [0.1, 0.15) is 0 Å². The number of amidine groups is 1. The summed E-state index contributed by atoms with van der Waals surface area (Å²) in [4.78, 5) is 0. The third-order valence-electron chi connectivity index (χ3n) is 3.26. The highest BCUT2D eigenvalue weighted by Gasteiger charge is 2.03. The fourth-order valence-corrected chi connectivity index (χ4v) is 2.50. The maximum atomic E-state index is 8.66. The van der Waals surface area contributed by atoms with Crippen molar-refractivity contribution in [3.05, 3.63) is 34.9 Å². The second-order valence-electron chi connectivity index (χ2n) is 4.86. The van der Waals surface area contributed by atoms with E-state index in [4.69, 9.17) is 10.9 Å². The maximum Gasteiger partial charge on any atom is 0.170 e. The monoisotopic (exact) mass is 295 g/mol. The van der Waals surface area contributed by atoms with Crippen molar-refractivity contribution >= 4 is 17.6 Å². The molecule has 0 radical (unpaired) electrons. The first kappa shape index (κ1) is 16.9.